The molecule has 0 radical (unpaired) electrons. The zero-order chi connectivity index (χ0) is 10.5. The molecule has 0 unspecified atom stereocenters. The van der Waals surface area contributed by atoms with Crippen LogP contribution in [-0.4, -0.2) is 16.0 Å². The Balaban J connectivity index is 4.58. The largest absolute Gasteiger partial charge is 0.362 e. The van der Waals surface area contributed by atoms with E-state index < -0.39 is 11.2 Å². The lowest BCUT2D eigenvalue weighted by Gasteiger charge is -2.35. The molecule has 76 valence electrons. The molecule has 0 saturated heterocycles. The molecule has 0 aromatic carbocycles. The summed E-state index contributed by atoms with van der Waals surface area (Å²) in [4.78, 5) is 0. The summed E-state index contributed by atoms with van der Waals surface area (Å²) in [7, 11) is 0. The van der Waals surface area contributed by atoms with Gasteiger partial charge in [0.1, 0.15) is 0 Å². The molecule has 0 aromatic rings. The van der Waals surface area contributed by atoms with Gasteiger partial charge in [-0.3, -0.25) is 0 Å². The van der Waals surface area contributed by atoms with E-state index in [9.17, 15) is 10.2 Å². The van der Waals surface area contributed by atoms with Crippen molar-refractivity contribution in [3.05, 3.63) is 24.3 Å². The summed E-state index contributed by atoms with van der Waals surface area (Å²) in [6.07, 6.45) is 7.55. The second kappa shape index (κ2) is 4.58. The van der Waals surface area contributed by atoms with Gasteiger partial charge in [0.15, 0.2) is 5.79 Å². The molecule has 0 heterocycles. The molecule has 2 nitrogen and oxygen atoms in total. The summed E-state index contributed by atoms with van der Waals surface area (Å²) in [5.41, 5.74) is -0.563. The van der Waals surface area contributed by atoms with Gasteiger partial charge in [0.05, 0.1) is 0 Å². The van der Waals surface area contributed by atoms with E-state index >= 15 is 0 Å². The fourth-order valence-corrected chi connectivity index (χ4v) is 1.02. The lowest BCUT2D eigenvalue weighted by Crippen LogP contribution is -2.42. The highest BCUT2D eigenvalue weighted by Crippen LogP contribution is 2.33. The Kier molecular flexibility index (Phi) is 4.37. The van der Waals surface area contributed by atoms with Gasteiger partial charge in [0, 0.05) is 5.41 Å². The van der Waals surface area contributed by atoms with Gasteiger partial charge in [-0.15, -0.1) is 0 Å². The average Bonchev–Trinajstić information content (AvgIpc) is 2.00. The molecule has 0 aliphatic rings. The Labute approximate surface area is 80.6 Å². The SMILES string of the molecule is C/C=C/CC(C)(C)C(O)(O)/C=C/C. The highest BCUT2D eigenvalue weighted by molar-refractivity contribution is 5.03. The topological polar surface area (TPSA) is 40.5 Å². The fourth-order valence-electron chi connectivity index (χ4n) is 1.02. The van der Waals surface area contributed by atoms with Crippen LogP contribution in [0.25, 0.3) is 0 Å². The van der Waals surface area contributed by atoms with E-state index in [4.69, 9.17) is 0 Å². The van der Waals surface area contributed by atoms with Crippen molar-refractivity contribution in [1.29, 1.82) is 0 Å². The first-order chi connectivity index (χ1) is 5.87. The van der Waals surface area contributed by atoms with E-state index in [0.29, 0.717) is 6.42 Å². The van der Waals surface area contributed by atoms with E-state index in [1.54, 1.807) is 13.0 Å². The molecule has 2 N–H and O–H groups in total. The van der Waals surface area contributed by atoms with Crippen LogP contribution in [0.5, 0.6) is 0 Å². The minimum Gasteiger partial charge on any atom is -0.362 e. The van der Waals surface area contributed by atoms with Crippen molar-refractivity contribution >= 4 is 0 Å². The van der Waals surface area contributed by atoms with Crippen molar-refractivity contribution < 1.29 is 10.2 Å². The molecule has 0 saturated carbocycles. The van der Waals surface area contributed by atoms with Crippen molar-refractivity contribution in [3.63, 3.8) is 0 Å². The average molecular weight is 184 g/mol. The molecule has 0 spiro atoms. The predicted molar refractivity (Wildman–Crippen MR) is 55.2 cm³/mol. The van der Waals surface area contributed by atoms with E-state index in [2.05, 4.69) is 0 Å². The van der Waals surface area contributed by atoms with Crippen LogP contribution in [-0.2, 0) is 0 Å². The van der Waals surface area contributed by atoms with Gasteiger partial charge in [-0.2, -0.15) is 0 Å². The van der Waals surface area contributed by atoms with Crippen molar-refractivity contribution in [3.8, 4) is 0 Å². The van der Waals surface area contributed by atoms with Crippen molar-refractivity contribution in [2.24, 2.45) is 5.41 Å². The minimum atomic E-state index is -1.73. The molecule has 0 atom stereocenters. The molecule has 0 bridgehead atoms. The maximum Gasteiger partial charge on any atom is 0.188 e. The summed E-state index contributed by atoms with van der Waals surface area (Å²) < 4.78 is 0. The third-order valence-electron chi connectivity index (χ3n) is 2.26. The van der Waals surface area contributed by atoms with Crippen LogP contribution >= 0.6 is 0 Å². The van der Waals surface area contributed by atoms with Crippen LogP contribution in [0.4, 0.5) is 0 Å². The van der Waals surface area contributed by atoms with Gasteiger partial charge in [0.25, 0.3) is 0 Å². The zero-order valence-electron chi connectivity index (χ0n) is 8.91. The Morgan fingerprint density at radius 3 is 2.00 bits per heavy atom. The lowest BCUT2D eigenvalue weighted by molar-refractivity contribution is -0.193. The quantitative estimate of drug-likeness (QED) is 0.519. The predicted octanol–water partition coefficient (Wildman–Crippen LogP) is 2.24. The number of aliphatic hydroxyl groups is 2. The van der Waals surface area contributed by atoms with Gasteiger partial charge in [-0.05, 0) is 26.3 Å². The first-order valence-electron chi connectivity index (χ1n) is 4.57. The second-order valence-electron chi connectivity index (χ2n) is 3.88. The highest BCUT2D eigenvalue weighted by atomic mass is 16.5. The monoisotopic (exact) mass is 184 g/mol. The summed E-state index contributed by atoms with van der Waals surface area (Å²) in [6, 6.07) is 0. The molecular formula is C11H20O2. The van der Waals surface area contributed by atoms with Crippen LogP contribution < -0.4 is 0 Å². The Hall–Kier alpha value is -0.600. The van der Waals surface area contributed by atoms with Crippen LogP contribution in [0.15, 0.2) is 24.3 Å². The second-order valence-corrected chi connectivity index (χ2v) is 3.88. The van der Waals surface area contributed by atoms with Gasteiger partial charge in [0.2, 0.25) is 0 Å². The molecule has 0 amide bonds. The molecule has 13 heavy (non-hydrogen) atoms. The number of hydrogen-bond donors (Lipinski definition) is 2. The van der Waals surface area contributed by atoms with Crippen LogP contribution in [0.3, 0.4) is 0 Å². The van der Waals surface area contributed by atoms with Gasteiger partial charge >= 0.3 is 0 Å². The van der Waals surface area contributed by atoms with Crippen molar-refractivity contribution in [1.82, 2.24) is 0 Å². The lowest BCUT2D eigenvalue weighted by atomic mass is 9.80. The summed E-state index contributed by atoms with van der Waals surface area (Å²) in [5.74, 6) is -1.73. The first kappa shape index (κ1) is 12.4. The molecule has 2 heteroatoms. The van der Waals surface area contributed by atoms with Crippen LogP contribution in [0.1, 0.15) is 34.1 Å². The van der Waals surface area contributed by atoms with Gasteiger partial charge in [-0.25, -0.2) is 0 Å². The fraction of sp³-hybridized carbons (Fsp3) is 0.636. The highest BCUT2D eigenvalue weighted by Gasteiger charge is 2.38. The van der Waals surface area contributed by atoms with Crippen molar-refractivity contribution in [2.45, 2.75) is 39.9 Å². The Morgan fingerprint density at radius 2 is 1.62 bits per heavy atom. The molecule has 0 aliphatic heterocycles. The Bertz CT molecular complexity index is 200. The summed E-state index contributed by atoms with van der Waals surface area (Å²) in [5, 5.41) is 19.4. The third kappa shape index (κ3) is 3.33. The molecule has 0 fully saturated rings. The third-order valence-corrected chi connectivity index (χ3v) is 2.26. The number of allylic oxidation sites excluding steroid dienone is 3. The Morgan fingerprint density at radius 1 is 1.08 bits per heavy atom. The smallest absolute Gasteiger partial charge is 0.188 e. The van der Waals surface area contributed by atoms with Crippen LogP contribution in [0, 0.1) is 5.41 Å². The normalized spacial score (nSPS) is 14.6. The van der Waals surface area contributed by atoms with Gasteiger partial charge in [-0.1, -0.05) is 32.1 Å². The van der Waals surface area contributed by atoms with Gasteiger partial charge < -0.3 is 10.2 Å². The maximum absolute atomic E-state index is 9.70. The zero-order valence-corrected chi connectivity index (χ0v) is 8.91. The number of rotatable bonds is 4. The van der Waals surface area contributed by atoms with E-state index in [1.807, 2.05) is 32.9 Å². The maximum atomic E-state index is 9.70. The summed E-state index contributed by atoms with van der Waals surface area (Å²) >= 11 is 0. The first-order valence-corrected chi connectivity index (χ1v) is 4.57. The standard InChI is InChI=1S/C11H20O2/c1-5-7-9-10(3,4)11(12,13)8-6-2/h5-8,12-13H,9H2,1-4H3/b7-5+,8-6+. The van der Waals surface area contributed by atoms with E-state index in [-0.39, 0.29) is 0 Å². The van der Waals surface area contributed by atoms with Crippen molar-refractivity contribution in [2.75, 3.05) is 0 Å². The molecule has 0 rings (SSSR count). The summed E-state index contributed by atoms with van der Waals surface area (Å²) in [6.45, 7) is 7.34. The number of hydrogen-bond acceptors (Lipinski definition) is 2. The van der Waals surface area contributed by atoms with E-state index in [1.165, 1.54) is 6.08 Å². The molecule has 0 aromatic heterocycles. The molecular weight excluding hydrogens is 164 g/mol. The van der Waals surface area contributed by atoms with Crippen LogP contribution in [0.2, 0.25) is 0 Å². The molecule has 0 aliphatic carbocycles. The minimum absolute atomic E-state index is 0.563. The van der Waals surface area contributed by atoms with E-state index in [0.717, 1.165) is 0 Å².